The van der Waals surface area contributed by atoms with Crippen LogP contribution in [0.5, 0.6) is 11.5 Å². The highest BCUT2D eigenvalue weighted by molar-refractivity contribution is 5.71. The van der Waals surface area contributed by atoms with E-state index in [2.05, 4.69) is 6.58 Å². The maximum absolute atomic E-state index is 11.8. The van der Waals surface area contributed by atoms with E-state index in [0.29, 0.717) is 11.5 Å². The maximum Gasteiger partial charge on any atom is 0.344 e. The van der Waals surface area contributed by atoms with E-state index < -0.39 is 0 Å². The SMILES string of the molecule is C=Cc1ccc(OCC(=O)OC2CCCCC2)c(OC)c1. The smallest absolute Gasteiger partial charge is 0.344 e. The summed E-state index contributed by atoms with van der Waals surface area (Å²) >= 11 is 0. The zero-order valence-corrected chi connectivity index (χ0v) is 12.5. The Morgan fingerprint density at radius 1 is 1.29 bits per heavy atom. The molecular weight excluding hydrogens is 268 g/mol. The summed E-state index contributed by atoms with van der Waals surface area (Å²) in [5.41, 5.74) is 0.934. The van der Waals surface area contributed by atoms with E-state index >= 15 is 0 Å². The fraction of sp³-hybridized carbons (Fsp3) is 0.471. The fourth-order valence-corrected chi connectivity index (χ4v) is 2.47. The van der Waals surface area contributed by atoms with Crippen molar-refractivity contribution in [1.82, 2.24) is 0 Å². The average molecular weight is 290 g/mol. The molecule has 1 aromatic carbocycles. The first kappa shape index (κ1) is 15.4. The van der Waals surface area contributed by atoms with Crippen LogP contribution in [-0.2, 0) is 9.53 Å². The molecule has 21 heavy (non-hydrogen) atoms. The predicted octanol–water partition coefficient (Wildman–Crippen LogP) is 3.59. The molecule has 2 rings (SSSR count). The molecule has 1 saturated carbocycles. The molecule has 4 nitrogen and oxygen atoms in total. The third-order valence-corrected chi connectivity index (χ3v) is 3.62. The quantitative estimate of drug-likeness (QED) is 0.751. The van der Waals surface area contributed by atoms with Crippen LogP contribution in [0.3, 0.4) is 0 Å². The Hall–Kier alpha value is -1.97. The molecule has 0 N–H and O–H groups in total. The van der Waals surface area contributed by atoms with Gasteiger partial charge >= 0.3 is 5.97 Å². The molecule has 0 aliphatic heterocycles. The summed E-state index contributed by atoms with van der Waals surface area (Å²) in [6.45, 7) is 3.61. The van der Waals surface area contributed by atoms with Crippen LogP contribution in [0.1, 0.15) is 37.7 Å². The molecule has 114 valence electrons. The Labute approximate surface area is 125 Å². The van der Waals surface area contributed by atoms with Crippen molar-refractivity contribution in [3.05, 3.63) is 30.3 Å². The van der Waals surface area contributed by atoms with Gasteiger partial charge in [0.15, 0.2) is 18.1 Å². The Balaban J connectivity index is 1.86. The lowest BCUT2D eigenvalue weighted by Crippen LogP contribution is -2.24. The zero-order valence-electron chi connectivity index (χ0n) is 12.5. The number of hydrogen-bond donors (Lipinski definition) is 0. The van der Waals surface area contributed by atoms with Crippen LogP contribution in [0.2, 0.25) is 0 Å². The summed E-state index contributed by atoms with van der Waals surface area (Å²) in [6, 6.07) is 5.44. The van der Waals surface area contributed by atoms with Gasteiger partial charge in [0.2, 0.25) is 0 Å². The molecule has 0 heterocycles. The molecule has 1 aliphatic carbocycles. The highest BCUT2D eigenvalue weighted by Crippen LogP contribution is 2.28. The van der Waals surface area contributed by atoms with Gasteiger partial charge in [0.25, 0.3) is 0 Å². The normalized spacial score (nSPS) is 15.3. The van der Waals surface area contributed by atoms with Gasteiger partial charge in [-0.05, 0) is 43.4 Å². The van der Waals surface area contributed by atoms with E-state index in [4.69, 9.17) is 14.2 Å². The third-order valence-electron chi connectivity index (χ3n) is 3.62. The van der Waals surface area contributed by atoms with E-state index in [-0.39, 0.29) is 18.7 Å². The van der Waals surface area contributed by atoms with Crippen molar-refractivity contribution in [2.75, 3.05) is 13.7 Å². The minimum atomic E-state index is -0.322. The second kappa shape index (κ2) is 7.72. The van der Waals surface area contributed by atoms with Gasteiger partial charge in [-0.15, -0.1) is 0 Å². The van der Waals surface area contributed by atoms with Gasteiger partial charge in [0.05, 0.1) is 7.11 Å². The monoisotopic (exact) mass is 290 g/mol. The molecule has 1 aliphatic rings. The molecule has 0 spiro atoms. The van der Waals surface area contributed by atoms with E-state index in [1.54, 1.807) is 19.3 Å². The topological polar surface area (TPSA) is 44.8 Å². The molecule has 4 heteroatoms. The number of hydrogen-bond acceptors (Lipinski definition) is 4. The van der Waals surface area contributed by atoms with Crippen molar-refractivity contribution < 1.29 is 19.0 Å². The minimum Gasteiger partial charge on any atom is -0.493 e. The molecule has 0 aromatic heterocycles. The average Bonchev–Trinajstić information content (AvgIpc) is 2.53. The number of benzene rings is 1. The molecule has 0 atom stereocenters. The molecule has 0 unspecified atom stereocenters. The van der Waals surface area contributed by atoms with Crippen LogP contribution in [0.25, 0.3) is 6.08 Å². The Bertz CT molecular complexity index is 490. The number of rotatable bonds is 6. The molecule has 0 bridgehead atoms. The van der Waals surface area contributed by atoms with Gasteiger partial charge in [-0.25, -0.2) is 4.79 Å². The highest BCUT2D eigenvalue weighted by atomic mass is 16.6. The number of methoxy groups -OCH3 is 1. The predicted molar refractivity (Wildman–Crippen MR) is 81.5 cm³/mol. The van der Waals surface area contributed by atoms with E-state index in [1.807, 2.05) is 12.1 Å². The van der Waals surface area contributed by atoms with E-state index in [9.17, 15) is 4.79 Å². The largest absolute Gasteiger partial charge is 0.493 e. The van der Waals surface area contributed by atoms with Crippen molar-refractivity contribution >= 4 is 12.0 Å². The van der Waals surface area contributed by atoms with Crippen LogP contribution in [0, 0.1) is 0 Å². The first-order valence-electron chi connectivity index (χ1n) is 7.35. The van der Waals surface area contributed by atoms with Crippen LogP contribution in [-0.4, -0.2) is 25.8 Å². The summed E-state index contributed by atoms with van der Waals surface area (Å²) in [7, 11) is 1.56. The number of esters is 1. The summed E-state index contributed by atoms with van der Waals surface area (Å²) < 4.78 is 16.2. The van der Waals surface area contributed by atoms with Crippen LogP contribution in [0.4, 0.5) is 0 Å². The second-order valence-electron chi connectivity index (χ2n) is 5.15. The third kappa shape index (κ3) is 4.52. The molecule has 0 amide bonds. The first-order chi connectivity index (χ1) is 10.2. The van der Waals surface area contributed by atoms with E-state index in [1.165, 1.54) is 6.42 Å². The Morgan fingerprint density at radius 2 is 2.05 bits per heavy atom. The zero-order chi connectivity index (χ0) is 15.1. The number of ether oxygens (including phenoxy) is 3. The lowest BCUT2D eigenvalue weighted by atomic mass is 9.98. The van der Waals surface area contributed by atoms with Crippen molar-refractivity contribution in [3.8, 4) is 11.5 Å². The Morgan fingerprint density at radius 3 is 2.71 bits per heavy atom. The lowest BCUT2D eigenvalue weighted by Gasteiger charge is -2.21. The molecule has 0 radical (unpaired) electrons. The van der Waals surface area contributed by atoms with Gasteiger partial charge in [-0.1, -0.05) is 25.1 Å². The van der Waals surface area contributed by atoms with Crippen molar-refractivity contribution in [3.63, 3.8) is 0 Å². The van der Waals surface area contributed by atoms with Crippen molar-refractivity contribution in [2.45, 2.75) is 38.2 Å². The van der Waals surface area contributed by atoms with Crippen molar-refractivity contribution in [2.24, 2.45) is 0 Å². The van der Waals surface area contributed by atoms with Gasteiger partial charge in [0.1, 0.15) is 6.10 Å². The van der Waals surface area contributed by atoms with Crippen molar-refractivity contribution in [1.29, 1.82) is 0 Å². The van der Waals surface area contributed by atoms with Gasteiger partial charge in [-0.2, -0.15) is 0 Å². The van der Waals surface area contributed by atoms with Crippen LogP contribution in [0.15, 0.2) is 24.8 Å². The van der Waals surface area contributed by atoms with Crippen LogP contribution >= 0.6 is 0 Å². The molecule has 0 saturated heterocycles. The van der Waals surface area contributed by atoms with Gasteiger partial charge < -0.3 is 14.2 Å². The summed E-state index contributed by atoms with van der Waals surface area (Å²) in [4.78, 5) is 11.8. The standard InChI is InChI=1S/C17H22O4/c1-3-13-9-10-15(16(11-13)19-2)20-12-17(18)21-14-7-5-4-6-8-14/h3,9-11,14H,1,4-8,12H2,2H3. The van der Waals surface area contributed by atoms with Crippen LogP contribution < -0.4 is 9.47 Å². The summed E-state index contributed by atoms with van der Waals surface area (Å²) in [6.07, 6.45) is 7.21. The highest BCUT2D eigenvalue weighted by Gasteiger charge is 2.18. The molecule has 1 aromatic rings. The van der Waals surface area contributed by atoms with Gasteiger partial charge in [-0.3, -0.25) is 0 Å². The molecule has 1 fully saturated rings. The number of carbonyl (C=O) groups excluding carboxylic acids is 1. The first-order valence-corrected chi connectivity index (χ1v) is 7.35. The van der Waals surface area contributed by atoms with Gasteiger partial charge in [0, 0.05) is 0 Å². The Kier molecular flexibility index (Phi) is 5.67. The number of carbonyl (C=O) groups is 1. The maximum atomic E-state index is 11.8. The fourth-order valence-electron chi connectivity index (χ4n) is 2.47. The summed E-state index contributed by atoms with van der Waals surface area (Å²) in [5, 5.41) is 0. The molecular formula is C17H22O4. The lowest BCUT2D eigenvalue weighted by molar-refractivity contribution is -0.152. The minimum absolute atomic E-state index is 0.0555. The summed E-state index contributed by atoms with van der Waals surface area (Å²) in [5.74, 6) is 0.790. The second-order valence-corrected chi connectivity index (χ2v) is 5.15. The van der Waals surface area contributed by atoms with E-state index in [0.717, 1.165) is 31.2 Å².